The molecule has 0 radical (unpaired) electrons. The molecule has 1 aromatic heterocycles. The number of benzene rings is 1. The molecule has 0 aliphatic carbocycles. The first kappa shape index (κ1) is 19.8. The van der Waals surface area contributed by atoms with Gasteiger partial charge in [-0.2, -0.15) is 0 Å². The van der Waals surface area contributed by atoms with Gasteiger partial charge in [-0.05, 0) is 31.4 Å². The highest BCUT2D eigenvalue weighted by Gasteiger charge is 2.29. The molecule has 3 rings (SSSR count). The number of piperidine rings is 1. The van der Waals surface area contributed by atoms with Gasteiger partial charge >= 0.3 is 0 Å². The van der Waals surface area contributed by atoms with Gasteiger partial charge in [0.25, 0.3) is 0 Å². The average molecular weight is 374 g/mol. The highest BCUT2D eigenvalue weighted by Crippen LogP contribution is 2.30. The van der Waals surface area contributed by atoms with E-state index >= 15 is 0 Å². The molecular formula is C20H30N4O3. The van der Waals surface area contributed by atoms with Crippen molar-refractivity contribution in [3.8, 4) is 0 Å². The maximum Gasteiger partial charge on any atom is 0.224 e. The fourth-order valence-electron chi connectivity index (χ4n) is 3.84. The summed E-state index contributed by atoms with van der Waals surface area (Å²) in [6, 6.07) is 7.69. The maximum atomic E-state index is 12.5. The van der Waals surface area contributed by atoms with E-state index in [4.69, 9.17) is 20.6 Å². The van der Waals surface area contributed by atoms with Crippen LogP contribution in [0, 0.1) is 0 Å². The summed E-state index contributed by atoms with van der Waals surface area (Å²) in [5, 5.41) is 9.11. The number of methoxy groups -OCH3 is 1. The summed E-state index contributed by atoms with van der Waals surface area (Å²) in [5.41, 5.74) is 7.87. The smallest absolute Gasteiger partial charge is 0.224 e. The van der Waals surface area contributed by atoms with Crippen molar-refractivity contribution in [3.63, 3.8) is 0 Å². The Morgan fingerprint density at radius 1 is 1.44 bits per heavy atom. The Hall–Kier alpha value is -1.96. The molecule has 1 amide bonds. The lowest BCUT2D eigenvalue weighted by Gasteiger charge is -2.33. The number of amides is 1. The molecule has 0 bridgehead atoms. The number of aryl methyl sites for hydroxylation is 1. The number of imidazole rings is 1. The zero-order valence-electron chi connectivity index (χ0n) is 16.0. The van der Waals surface area contributed by atoms with Gasteiger partial charge in [0.2, 0.25) is 5.91 Å². The highest BCUT2D eigenvalue weighted by molar-refractivity contribution is 5.77. The van der Waals surface area contributed by atoms with E-state index in [1.807, 2.05) is 23.1 Å². The van der Waals surface area contributed by atoms with E-state index < -0.39 is 6.04 Å². The Morgan fingerprint density at radius 2 is 2.26 bits per heavy atom. The molecule has 2 heterocycles. The second kappa shape index (κ2) is 9.30. The molecule has 2 aromatic rings. The molecule has 0 saturated carbocycles. The molecule has 3 N–H and O–H groups in total. The van der Waals surface area contributed by atoms with Crippen LogP contribution in [0.5, 0.6) is 0 Å². The number of aromatic nitrogens is 2. The number of carbonyl (C=O) groups excluding carboxylic acids is 1. The van der Waals surface area contributed by atoms with Gasteiger partial charge in [0, 0.05) is 51.7 Å². The third kappa shape index (κ3) is 4.66. The number of nitrogens with zero attached hydrogens (tertiary/aromatic N) is 3. The van der Waals surface area contributed by atoms with Gasteiger partial charge in [0.1, 0.15) is 5.82 Å². The molecule has 1 fully saturated rings. The summed E-state index contributed by atoms with van der Waals surface area (Å²) in [6.45, 7) is 2.80. The number of hydrogen-bond acceptors (Lipinski definition) is 5. The standard InChI is InChI=1S/C20H30N4O3/c1-27-11-5-10-24-18-8-3-2-7-17(18)22-20(24)15-6-4-9-23(13-15)19(26)12-16(21)14-25/h2-3,7-8,15-16,25H,4-6,9-14,21H2,1H3. The SMILES string of the molecule is COCCCn1c(C2CCCN(C(=O)CC(N)CO)C2)nc2ccccc21. The first-order chi connectivity index (χ1) is 13.1. The summed E-state index contributed by atoms with van der Waals surface area (Å²) < 4.78 is 7.50. The molecule has 1 aliphatic rings. The molecule has 1 aliphatic heterocycles. The predicted molar refractivity (Wildman–Crippen MR) is 104 cm³/mol. The summed E-state index contributed by atoms with van der Waals surface area (Å²) in [5.74, 6) is 1.28. The van der Waals surface area contributed by atoms with Crippen LogP contribution in [0.1, 0.15) is 37.4 Å². The molecule has 0 spiro atoms. The van der Waals surface area contributed by atoms with Crippen molar-refractivity contribution in [1.82, 2.24) is 14.5 Å². The third-order valence-electron chi connectivity index (χ3n) is 5.22. The molecule has 2 atom stereocenters. The molecule has 1 saturated heterocycles. The molecule has 7 heteroatoms. The predicted octanol–water partition coefficient (Wildman–Crippen LogP) is 1.49. The number of hydrogen-bond donors (Lipinski definition) is 2. The van der Waals surface area contributed by atoms with Gasteiger partial charge in [0.05, 0.1) is 17.6 Å². The van der Waals surface area contributed by atoms with Crippen LogP contribution in [0.25, 0.3) is 11.0 Å². The van der Waals surface area contributed by atoms with Crippen LogP contribution in [0.2, 0.25) is 0 Å². The average Bonchev–Trinajstić information content (AvgIpc) is 3.07. The van der Waals surface area contributed by atoms with Gasteiger partial charge in [-0.1, -0.05) is 12.1 Å². The zero-order valence-corrected chi connectivity index (χ0v) is 16.0. The Morgan fingerprint density at radius 3 is 3.04 bits per heavy atom. The Balaban J connectivity index is 1.81. The van der Waals surface area contributed by atoms with Crippen LogP contribution in [-0.2, 0) is 16.1 Å². The third-order valence-corrected chi connectivity index (χ3v) is 5.22. The lowest BCUT2D eigenvalue weighted by Crippen LogP contribution is -2.42. The number of para-hydroxylation sites is 2. The van der Waals surface area contributed by atoms with E-state index in [-0.39, 0.29) is 24.9 Å². The van der Waals surface area contributed by atoms with Gasteiger partial charge in [-0.25, -0.2) is 4.98 Å². The van der Waals surface area contributed by atoms with E-state index in [2.05, 4.69) is 10.6 Å². The van der Waals surface area contributed by atoms with Gasteiger partial charge in [0.15, 0.2) is 0 Å². The number of rotatable bonds is 8. The van der Waals surface area contributed by atoms with Crippen molar-refractivity contribution < 1.29 is 14.6 Å². The van der Waals surface area contributed by atoms with Crippen molar-refractivity contribution in [2.75, 3.05) is 33.4 Å². The molecule has 7 nitrogen and oxygen atoms in total. The van der Waals surface area contributed by atoms with E-state index in [0.717, 1.165) is 49.2 Å². The Labute approximate surface area is 160 Å². The maximum absolute atomic E-state index is 12.5. The van der Waals surface area contributed by atoms with E-state index in [9.17, 15) is 4.79 Å². The zero-order chi connectivity index (χ0) is 19.2. The van der Waals surface area contributed by atoms with Crippen LogP contribution in [0.15, 0.2) is 24.3 Å². The van der Waals surface area contributed by atoms with E-state index in [1.54, 1.807) is 7.11 Å². The first-order valence-electron chi connectivity index (χ1n) is 9.72. The number of aliphatic hydroxyl groups is 1. The lowest BCUT2D eigenvalue weighted by atomic mass is 9.96. The summed E-state index contributed by atoms with van der Waals surface area (Å²) in [7, 11) is 1.72. The Kier molecular flexibility index (Phi) is 6.82. The second-order valence-electron chi connectivity index (χ2n) is 7.28. The van der Waals surface area contributed by atoms with Gasteiger partial charge < -0.3 is 25.0 Å². The van der Waals surface area contributed by atoms with Crippen molar-refractivity contribution in [2.24, 2.45) is 5.73 Å². The summed E-state index contributed by atoms with van der Waals surface area (Å²) in [4.78, 5) is 19.3. The van der Waals surface area contributed by atoms with Crippen LogP contribution in [-0.4, -0.2) is 64.9 Å². The van der Waals surface area contributed by atoms with Crippen molar-refractivity contribution in [3.05, 3.63) is 30.1 Å². The first-order valence-corrected chi connectivity index (χ1v) is 9.72. The highest BCUT2D eigenvalue weighted by atomic mass is 16.5. The minimum atomic E-state index is -0.489. The summed E-state index contributed by atoms with van der Waals surface area (Å²) >= 11 is 0. The normalized spacial score (nSPS) is 18.8. The van der Waals surface area contributed by atoms with E-state index in [1.165, 1.54) is 0 Å². The lowest BCUT2D eigenvalue weighted by molar-refractivity contribution is -0.133. The molecule has 148 valence electrons. The number of nitrogens with two attached hydrogens (primary N) is 1. The number of likely N-dealkylation sites (tertiary alicyclic amines) is 1. The van der Waals surface area contributed by atoms with Crippen LogP contribution < -0.4 is 5.73 Å². The van der Waals surface area contributed by atoms with E-state index in [0.29, 0.717) is 13.2 Å². The van der Waals surface area contributed by atoms with Crippen molar-refractivity contribution in [1.29, 1.82) is 0 Å². The molecule has 2 unspecified atom stereocenters. The number of ether oxygens (including phenoxy) is 1. The van der Waals surface area contributed by atoms with Crippen LogP contribution in [0.3, 0.4) is 0 Å². The largest absolute Gasteiger partial charge is 0.395 e. The van der Waals surface area contributed by atoms with Crippen LogP contribution in [0.4, 0.5) is 0 Å². The monoisotopic (exact) mass is 374 g/mol. The van der Waals surface area contributed by atoms with Gasteiger partial charge in [-0.3, -0.25) is 4.79 Å². The van der Waals surface area contributed by atoms with Crippen LogP contribution >= 0.6 is 0 Å². The number of aliphatic hydroxyl groups excluding tert-OH is 1. The summed E-state index contributed by atoms with van der Waals surface area (Å²) in [6.07, 6.45) is 3.08. The number of fused-ring (bicyclic) bond motifs is 1. The fraction of sp³-hybridized carbons (Fsp3) is 0.600. The van der Waals surface area contributed by atoms with Crippen molar-refractivity contribution in [2.45, 2.75) is 44.2 Å². The topological polar surface area (TPSA) is 93.6 Å². The quantitative estimate of drug-likeness (QED) is 0.683. The molecule has 1 aromatic carbocycles. The Bertz CT molecular complexity index is 761. The fourth-order valence-corrected chi connectivity index (χ4v) is 3.84. The molecular weight excluding hydrogens is 344 g/mol. The van der Waals surface area contributed by atoms with Crippen molar-refractivity contribution >= 4 is 16.9 Å². The minimum absolute atomic E-state index is 0.0169. The van der Waals surface area contributed by atoms with Gasteiger partial charge in [-0.15, -0.1) is 0 Å². The molecule has 27 heavy (non-hydrogen) atoms. The number of carbonyl (C=O) groups is 1. The second-order valence-corrected chi connectivity index (χ2v) is 7.28. The minimum Gasteiger partial charge on any atom is -0.395 e.